The molecule has 0 aliphatic heterocycles. The standard InChI is InChI=1S/C12H17N3O/c1-7(16)12(13-3)9-4-5-10-11(6-9)15-8(2)14-10/h4-7,12-13,16H,1-3H3,(H,14,15). The number of H-pyrrole nitrogens is 1. The molecule has 2 unspecified atom stereocenters. The van der Waals surface area contributed by atoms with E-state index in [0.717, 1.165) is 22.4 Å². The zero-order valence-corrected chi connectivity index (χ0v) is 9.78. The van der Waals surface area contributed by atoms with Crippen molar-refractivity contribution in [3.8, 4) is 0 Å². The summed E-state index contributed by atoms with van der Waals surface area (Å²) in [6.45, 7) is 3.72. The van der Waals surface area contributed by atoms with E-state index in [9.17, 15) is 5.11 Å². The number of aliphatic hydroxyl groups excluding tert-OH is 1. The number of hydrogen-bond donors (Lipinski definition) is 3. The minimum atomic E-state index is -0.425. The maximum atomic E-state index is 9.65. The molecule has 4 nitrogen and oxygen atoms in total. The highest BCUT2D eigenvalue weighted by molar-refractivity contribution is 5.76. The number of rotatable bonds is 3. The second-order valence-electron chi connectivity index (χ2n) is 4.11. The highest BCUT2D eigenvalue weighted by Crippen LogP contribution is 2.21. The molecule has 2 aromatic rings. The van der Waals surface area contributed by atoms with E-state index in [1.807, 2.05) is 32.2 Å². The summed E-state index contributed by atoms with van der Waals surface area (Å²) in [5.41, 5.74) is 3.03. The van der Waals surface area contributed by atoms with Gasteiger partial charge in [0.1, 0.15) is 5.82 Å². The minimum Gasteiger partial charge on any atom is -0.391 e. The van der Waals surface area contributed by atoms with E-state index in [0.29, 0.717) is 0 Å². The minimum absolute atomic E-state index is 0.0481. The van der Waals surface area contributed by atoms with Crippen molar-refractivity contribution < 1.29 is 5.11 Å². The third kappa shape index (κ3) is 1.94. The van der Waals surface area contributed by atoms with Gasteiger partial charge in [-0.25, -0.2) is 4.98 Å². The van der Waals surface area contributed by atoms with Gasteiger partial charge in [-0.1, -0.05) is 6.07 Å². The average Bonchev–Trinajstić information content (AvgIpc) is 2.57. The SMILES string of the molecule is CNC(c1ccc2nc(C)[nH]c2c1)C(C)O. The van der Waals surface area contributed by atoms with Crippen LogP contribution in [0.4, 0.5) is 0 Å². The van der Waals surface area contributed by atoms with Crippen LogP contribution >= 0.6 is 0 Å². The first-order valence-corrected chi connectivity index (χ1v) is 5.43. The zero-order valence-electron chi connectivity index (χ0n) is 9.78. The third-order valence-electron chi connectivity index (χ3n) is 2.78. The summed E-state index contributed by atoms with van der Waals surface area (Å²) in [5, 5.41) is 12.8. The second-order valence-corrected chi connectivity index (χ2v) is 4.11. The number of imidazole rings is 1. The number of likely N-dealkylation sites (N-methyl/N-ethyl adjacent to an activating group) is 1. The van der Waals surface area contributed by atoms with Gasteiger partial charge in [0, 0.05) is 0 Å². The molecular formula is C12H17N3O. The molecule has 3 N–H and O–H groups in total. The number of aliphatic hydroxyl groups is 1. The summed E-state index contributed by atoms with van der Waals surface area (Å²) < 4.78 is 0. The van der Waals surface area contributed by atoms with Crippen LogP contribution in [0.2, 0.25) is 0 Å². The van der Waals surface area contributed by atoms with Crippen molar-refractivity contribution in [2.75, 3.05) is 7.05 Å². The summed E-state index contributed by atoms with van der Waals surface area (Å²) in [4.78, 5) is 7.54. The smallest absolute Gasteiger partial charge is 0.104 e. The van der Waals surface area contributed by atoms with Gasteiger partial charge in [0.15, 0.2) is 0 Å². The van der Waals surface area contributed by atoms with Crippen LogP contribution in [0.3, 0.4) is 0 Å². The number of nitrogens with one attached hydrogen (secondary N) is 2. The van der Waals surface area contributed by atoms with Gasteiger partial charge >= 0.3 is 0 Å². The summed E-state index contributed by atoms with van der Waals surface area (Å²) in [5.74, 6) is 0.908. The Morgan fingerprint density at radius 3 is 2.81 bits per heavy atom. The van der Waals surface area contributed by atoms with Crippen LogP contribution in [0, 0.1) is 6.92 Å². The number of aromatic nitrogens is 2. The molecule has 2 rings (SSSR count). The van der Waals surface area contributed by atoms with Crippen molar-refractivity contribution in [2.45, 2.75) is 26.0 Å². The van der Waals surface area contributed by atoms with E-state index in [2.05, 4.69) is 15.3 Å². The lowest BCUT2D eigenvalue weighted by Crippen LogP contribution is -2.26. The largest absolute Gasteiger partial charge is 0.391 e. The molecule has 1 heterocycles. The van der Waals surface area contributed by atoms with Gasteiger partial charge in [-0.15, -0.1) is 0 Å². The fourth-order valence-corrected chi connectivity index (χ4v) is 2.03. The maximum Gasteiger partial charge on any atom is 0.104 e. The Morgan fingerprint density at radius 1 is 1.44 bits per heavy atom. The molecule has 16 heavy (non-hydrogen) atoms. The molecule has 0 aliphatic carbocycles. The molecule has 0 saturated heterocycles. The molecule has 1 aromatic heterocycles. The first-order valence-electron chi connectivity index (χ1n) is 5.43. The van der Waals surface area contributed by atoms with Gasteiger partial charge in [0.2, 0.25) is 0 Å². The van der Waals surface area contributed by atoms with Gasteiger partial charge in [0.25, 0.3) is 0 Å². The van der Waals surface area contributed by atoms with Crippen molar-refractivity contribution in [2.24, 2.45) is 0 Å². The van der Waals surface area contributed by atoms with Crippen molar-refractivity contribution in [3.63, 3.8) is 0 Å². The maximum absolute atomic E-state index is 9.65. The van der Waals surface area contributed by atoms with Crippen molar-refractivity contribution in [3.05, 3.63) is 29.6 Å². The van der Waals surface area contributed by atoms with Crippen LogP contribution in [0.1, 0.15) is 24.4 Å². The predicted molar refractivity (Wildman–Crippen MR) is 64.3 cm³/mol. The van der Waals surface area contributed by atoms with Crippen LogP contribution in [-0.2, 0) is 0 Å². The monoisotopic (exact) mass is 219 g/mol. The van der Waals surface area contributed by atoms with Gasteiger partial charge in [-0.05, 0) is 38.6 Å². The quantitative estimate of drug-likeness (QED) is 0.733. The normalized spacial score (nSPS) is 15.2. The van der Waals surface area contributed by atoms with Gasteiger partial charge in [-0.3, -0.25) is 0 Å². The predicted octanol–water partition coefficient (Wildman–Crippen LogP) is 1.51. The lowest BCUT2D eigenvalue weighted by molar-refractivity contribution is 0.150. The van der Waals surface area contributed by atoms with Crippen molar-refractivity contribution >= 4 is 11.0 Å². The number of hydrogen-bond acceptors (Lipinski definition) is 3. The Bertz CT molecular complexity index is 490. The van der Waals surface area contributed by atoms with E-state index in [-0.39, 0.29) is 6.04 Å². The molecule has 0 radical (unpaired) electrons. The van der Waals surface area contributed by atoms with E-state index in [1.54, 1.807) is 6.92 Å². The summed E-state index contributed by atoms with van der Waals surface area (Å²) in [6.07, 6.45) is -0.425. The topological polar surface area (TPSA) is 60.9 Å². The number of aryl methyl sites for hydroxylation is 1. The average molecular weight is 219 g/mol. The molecule has 2 atom stereocenters. The molecule has 0 spiro atoms. The van der Waals surface area contributed by atoms with Gasteiger partial charge < -0.3 is 15.4 Å². The molecule has 0 fully saturated rings. The van der Waals surface area contributed by atoms with Crippen LogP contribution in [0.5, 0.6) is 0 Å². The molecular weight excluding hydrogens is 202 g/mol. The summed E-state index contributed by atoms with van der Waals surface area (Å²) >= 11 is 0. The van der Waals surface area contributed by atoms with E-state index in [1.165, 1.54) is 0 Å². The number of benzene rings is 1. The highest BCUT2D eigenvalue weighted by Gasteiger charge is 2.15. The third-order valence-corrected chi connectivity index (χ3v) is 2.78. The lowest BCUT2D eigenvalue weighted by Gasteiger charge is -2.19. The fraction of sp³-hybridized carbons (Fsp3) is 0.417. The Morgan fingerprint density at radius 2 is 2.19 bits per heavy atom. The fourth-order valence-electron chi connectivity index (χ4n) is 2.03. The number of aromatic amines is 1. The molecule has 0 aliphatic rings. The molecule has 1 aromatic carbocycles. The van der Waals surface area contributed by atoms with Crippen LogP contribution in [0.15, 0.2) is 18.2 Å². The second kappa shape index (κ2) is 4.23. The van der Waals surface area contributed by atoms with Crippen LogP contribution < -0.4 is 5.32 Å². The Kier molecular flexibility index (Phi) is 2.94. The van der Waals surface area contributed by atoms with E-state index in [4.69, 9.17) is 0 Å². The molecule has 0 bridgehead atoms. The molecule has 86 valence electrons. The Labute approximate surface area is 94.7 Å². The molecule has 0 saturated carbocycles. The lowest BCUT2D eigenvalue weighted by atomic mass is 10.0. The first-order chi connectivity index (χ1) is 7.61. The number of nitrogens with zero attached hydrogens (tertiary/aromatic N) is 1. The van der Waals surface area contributed by atoms with E-state index < -0.39 is 6.10 Å². The summed E-state index contributed by atoms with van der Waals surface area (Å²) in [6, 6.07) is 5.95. The van der Waals surface area contributed by atoms with Crippen molar-refractivity contribution in [1.29, 1.82) is 0 Å². The molecule has 0 amide bonds. The Hall–Kier alpha value is -1.39. The van der Waals surface area contributed by atoms with Gasteiger partial charge in [-0.2, -0.15) is 0 Å². The number of fused-ring (bicyclic) bond motifs is 1. The van der Waals surface area contributed by atoms with Crippen LogP contribution in [0.25, 0.3) is 11.0 Å². The summed E-state index contributed by atoms with van der Waals surface area (Å²) in [7, 11) is 1.85. The highest BCUT2D eigenvalue weighted by atomic mass is 16.3. The van der Waals surface area contributed by atoms with Gasteiger partial charge in [0.05, 0.1) is 23.2 Å². The van der Waals surface area contributed by atoms with E-state index >= 15 is 0 Å². The molecule has 4 heteroatoms. The van der Waals surface area contributed by atoms with Crippen LogP contribution in [-0.4, -0.2) is 28.2 Å². The van der Waals surface area contributed by atoms with Crippen molar-refractivity contribution in [1.82, 2.24) is 15.3 Å². The zero-order chi connectivity index (χ0) is 11.7. The Balaban J connectivity index is 2.44. The first kappa shape index (κ1) is 11.1.